The van der Waals surface area contributed by atoms with Gasteiger partial charge in [-0.25, -0.2) is 14.3 Å². The van der Waals surface area contributed by atoms with E-state index in [9.17, 15) is 18.8 Å². The number of hydrogen-bond donors (Lipinski definition) is 1. The molecule has 3 aromatic rings. The molecule has 0 aliphatic rings. The molecule has 0 radical (unpaired) electrons. The van der Waals surface area contributed by atoms with Crippen LogP contribution >= 0.6 is 0 Å². The Balaban J connectivity index is 1.82. The fraction of sp³-hybridized carbons (Fsp3) is 0.0588. The van der Waals surface area contributed by atoms with Crippen molar-refractivity contribution >= 4 is 22.5 Å². The minimum absolute atomic E-state index is 0.119. The molecule has 0 spiro atoms. The van der Waals surface area contributed by atoms with Crippen LogP contribution in [0.15, 0.2) is 53.3 Å². The number of benzene rings is 2. The van der Waals surface area contributed by atoms with Crippen molar-refractivity contribution in [3.05, 3.63) is 76.0 Å². The molecule has 0 amide bonds. The summed E-state index contributed by atoms with van der Waals surface area (Å²) in [6, 6.07) is 11.8. The molecular weight excluding hydrogens is 315 g/mol. The van der Waals surface area contributed by atoms with Crippen molar-refractivity contribution < 1.29 is 18.7 Å². The molecule has 7 heteroatoms. The van der Waals surface area contributed by atoms with Gasteiger partial charge in [0.15, 0.2) is 12.3 Å². The fourth-order valence-corrected chi connectivity index (χ4v) is 2.23. The third-order valence-corrected chi connectivity index (χ3v) is 3.40. The molecule has 0 atom stereocenters. The zero-order valence-corrected chi connectivity index (χ0v) is 12.3. The number of halogens is 1. The predicted octanol–water partition coefficient (Wildman–Crippen LogP) is 2.10. The molecule has 24 heavy (non-hydrogen) atoms. The number of hydrogen-bond acceptors (Lipinski definition) is 5. The molecule has 0 aliphatic carbocycles. The largest absolute Gasteiger partial charge is 0.452 e. The molecule has 0 saturated heterocycles. The average Bonchev–Trinajstić information content (AvgIpc) is 2.60. The molecule has 0 saturated carbocycles. The van der Waals surface area contributed by atoms with Crippen LogP contribution in [-0.2, 0) is 4.74 Å². The lowest BCUT2D eigenvalue weighted by Gasteiger charge is -2.06. The first-order valence-corrected chi connectivity index (χ1v) is 7.00. The van der Waals surface area contributed by atoms with Gasteiger partial charge in [-0.3, -0.25) is 9.59 Å². The van der Waals surface area contributed by atoms with Crippen LogP contribution in [0.3, 0.4) is 0 Å². The maximum absolute atomic E-state index is 13.5. The van der Waals surface area contributed by atoms with Crippen molar-refractivity contribution in [2.75, 3.05) is 6.61 Å². The number of aromatic amines is 1. The number of Topliss-reactive ketones (excluding diaryl/α,β-unsaturated/α-hetero) is 1. The van der Waals surface area contributed by atoms with E-state index in [2.05, 4.69) is 10.2 Å². The number of aromatic nitrogens is 2. The smallest absolute Gasteiger partial charge is 0.359 e. The van der Waals surface area contributed by atoms with Crippen LogP contribution in [0.25, 0.3) is 10.8 Å². The first-order chi connectivity index (χ1) is 11.6. The fourth-order valence-electron chi connectivity index (χ4n) is 2.23. The highest BCUT2D eigenvalue weighted by Crippen LogP contribution is 2.14. The highest BCUT2D eigenvalue weighted by molar-refractivity contribution is 6.04. The van der Waals surface area contributed by atoms with Crippen LogP contribution < -0.4 is 5.56 Å². The lowest BCUT2D eigenvalue weighted by molar-refractivity contribution is 0.0468. The topological polar surface area (TPSA) is 89.1 Å². The van der Waals surface area contributed by atoms with Crippen molar-refractivity contribution in [3.8, 4) is 0 Å². The van der Waals surface area contributed by atoms with E-state index in [1.807, 2.05) is 0 Å². The normalized spacial score (nSPS) is 10.5. The van der Waals surface area contributed by atoms with Gasteiger partial charge in [0, 0.05) is 5.39 Å². The lowest BCUT2D eigenvalue weighted by Crippen LogP contribution is -2.19. The van der Waals surface area contributed by atoms with Gasteiger partial charge < -0.3 is 4.74 Å². The maximum Gasteiger partial charge on any atom is 0.359 e. The molecule has 2 aromatic carbocycles. The lowest BCUT2D eigenvalue weighted by atomic mass is 10.1. The van der Waals surface area contributed by atoms with Gasteiger partial charge in [0.1, 0.15) is 5.82 Å². The second kappa shape index (κ2) is 6.41. The number of carbonyl (C=O) groups is 2. The molecule has 0 unspecified atom stereocenters. The van der Waals surface area contributed by atoms with Crippen molar-refractivity contribution in [1.29, 1.82) is 0 Å². The van der Waals surface area contributed by atoms with E-state index in [-0.39, 0.29) is 16.6 Å². The number of nitrogens with one attached hydrogen (secondary N) is 1. The van der Waals surface area contributed by atoms with Crippen LogP contribution in [0, 0.1) is 5.82 Å². The monoisotopic (exact) mass is 326 g/mol. The number of H-pyrrole nitrogens is 1. The molecule has 0 bridgehead atoms. The molecule has 1 N–H and O–H groups in total. The number of carbonyl (C=O) groups excluding carboxylic acids is 2. The van der Waals surface area contributed by atoms with Crippen molar-refractivity contribution in [1.82, 2.24) is 10.2 Å². The van der Waals surface area contributed by atoms with E-state index < -0.39 is 29.7 Å². The summed E-state index contributed by atoms with van der Waals surface area (Å²) in [5, 5.41) is 6.47. The van der Waals surface area contributed by atoms with Crippen LogP contribution in [-0.4, -0.2) is 28.6 Å². The number of esters is 1. The Morgan fingerprint density at radius 3 is 2.46 bits per heavy atom. The molecule has 1 aromatic heterocycles. The second-order valence-electron chi connectivity index (χ2n) is 4.93. The quantitative estimate of drug-likeness (QED) is 0.586. The Labute approximate surface area is 134 Å². The summed E-state index contributed by atoms with van der Waals surface area (Å²) in [5.41, 5.74) is -0.722. The minimum atomic E-state index is -0.882. The zero-order valence-electron chi connectivity index (χ0n) is 12.3. The Hall–Kier alpha value is -3.35. The first kappa shape index (κ1) is 15.5. The molecule has 0 aliphatic heterocycles. The Morgan fingerprint density at radius 1 is 1.04 bits per heavy atom. The van der Waals surface area contributed by atoms with Crippen LogP contribution in [0.2, 0.25) is 0 Å². The summed E-state index contributed by atoms with van der Waals surface area (Å²) >= 11 is 0. The van der Waals surface area contributed by atoms with E-state index in [1.165, 1.54) is 24.3 Å². The number of ketones is 1. The molecule has 1 heterocycles. The number of rotatable bonds is 4. The Morgan fingerprint density at radius 2 is 1.71 bits per heavy atom. The third kappa shape index (κ3) is 2.91. The van der Waals surface area contributed by atoms with Gasteiger partial charge in [-0.1, -0.05) is 30.3 Å². The molecule has 0 fully saturated rings. The average molecular weight is 326 g/mol. The SMILES string of the molecule is O=C(COC(=O)c1n[nH]c(=O)c2ccccc12)c1ccccc1F. The van der Waals surface area contributed by atoms with Gasteiger partial charge in [-0.15, -0.1) is 0 Å². The third-order valence-electron chi connectivity index (χ3n) is 3.40. The maximum atomic E-state index is 13.5. The molecule has 120 valence electrons. The summed E-state index contributed by atoms with van der Waals surface area (Å²) in [4.78, 5) is 35.7. The summed E-state index contributed by atoms with van der Waals surface area (Å²) in [6.07, 6.45) is 0. The predicted molar refractivity (Wildman–Crippen MR) is 83.4 cm³/mol. The molecular formula is C17H11FN2O4. The second-order valence-corrected chi connectivity index (χ2v) is 4.93. The van der Waals surface area contributed by atoms with Crippen molar-refractivity contribution in [2.24, 2.45) is 0 Å². The summed E-state index contributed by atoms with van der Waals surface area (Å²) in [5.74, 6) is -2.24. The van der Waals surface area contributed by atoms with Crippen molar-refractivity contribution in [2.45, 2.75) is 0 Å². The van der Waals surface area contributed by atoms with E-state index >= 15 is 0 Å². The Bertz CT molecular complexity index is 997. The highest BCUT2D eigenvalue weighted by Gasteiger charge is 2.18. The van der Waals surface area contributed by atoms with Gasteiger partial charge >= 0.3 is 5.97 Å². The van der Waals surface area contributed by atoms with E-state index in [0.717, 1.165) is 6.07 Å². The van der Waals surface area contributed by atoms with Gasteiger partial charge in [0.2, 0.25) is 5.78 Å². The van der Waals surface area contributed by atoms with E-state index in [4.69, 9.17) is 4.74 Å². The van der Waals surface area contributed by atoms with Gasteiger partial charge in [-0.2, -0.15) is 5.10 Å². The summed E-state index contributed by atoms with van der Waals surface area (Å²) < 4.78 is 18.4. The summed E-state index contributed by atoms with van der Waals surface area (Å²) in [7, 11) is 0. The van der Waals surface area contributed by atoms with E-state index in [0.29, 0.717) is 5.39 Å². The first-order valence-electron chi connectivity index (χ1n) is 7.00. The summed E-state index contributed by atoms with van der Waals surface area (Å²) in [6.45, 7) is -0.630. The zero-order chi connectivity index (χ0) is 17.1. The van der Waals surface area contributed by atoms with Gasteiger partial charge in [0.05, 0.1) is 10.9 Å². The minimum Gasteiger partial charge on any atom is -0.452 e. The van der Waals surface area contributed by atoms with Crippen LogP contribution in [0.1, 0.15) is 20.8 Å². The highest BCUT2D eigenvalue weighted by atomic mass is 19.1. The van der Waals surface area contributed by atoms with Gasteiger partial charge in [-0.05, 0) is 18.2 Å². The van der Waals surface area contributed by atoms with E-state index in [1.54, 1.807) is 18.2 Å². The number of ether oxygens (including phenoxy) is 1. The standard InChI is InChI=1S/C17H11FN2O4/c18-13-8-4-3-7-12(13)14(21)9-24-17(23)15-10-5-1-2-6-11(10)16(22)20-19-15/h1-8H,9H2,(H,20,22). The molecule has 6 nitrogen and oxygen atoms in total. The van der Waals surface area contributed by atoms with Crippen LogP contribution in [0.4, 0.5) is 4.39 Å². The number of nitrogens with zero attached hydrogens (tertiary/aromatic N) is 1. The van der Waals surface area contributed by atoms with Gasteiger partial charge in [0.25, 0.3) is 5.56 Å². The van der Waals surface area contributed by atoms with Crippen LogP contribution in [0.5, 0.6) is 0 Å². The van der Waals surface area contributed by atoms with Crippen molar-refractivity contribution in [3.63, 3.8) is 0 Å². The molecule has 3 rings (SSSR count). The number of fused-ring (bicyclic) bond motifs is 1. The Kier molecular flexibility index (Phi) is 4.15.